The molecule has 0 bridgehead atoms. The second kappa shape index (κ2) is 6.17. The van der Waals surface area contributed by atoms with Crippen LogP contribution in [0.2, 0.25) is 0 Å². The smallest absolute Gasteiger partial charge is 0.416 e. The van der Waals surface area contributed by atoms with Gasteiger partial charge in [-0.05, 0) is 42.8 Å². The maximum absolute atomic E-state index is 13.7. The highest BCUT2D eigenvalue weighted by molar-refractivity contribution is 5.94. The van der Waals surface area contributed by atoms with Crippen LogP contribution in [0.5, 0.6) is 5.75 Å². The molecule has 0 saturated carbocycles. The molecule has 0 radical (unpaired) electrons. The van der Waals surface area contributed by atoms with Crippen molar-refractivity contribution >= 4 is 5.78 Å². The molecule has 2 nitrogen and oxygen atoms in total. The van der Waals surface area contributed by atoms with Crippen molar-refractivity contribution in [3.8, 4) is 5.75 Å². The lowest BCUT2D eigenvalue weighted by Gasteiger charge is -2.11. The van der Waals surface area contributed by atoms with Crippen LogP contribution in [0.15, 0.2) is 42.5 Å². The third kappa shape index (κ3) is 3.84. The normalized spacial score (nSPS) is 11.3. The van der Waals surface area contributed by atoms with Crippen LogP contribution in [0.25, 0.3) is 0 Å². The van der Waals surface area contributed by atoms with E-state index in [1.54, 1.807) is 0 Å². The number of carbonyl (C=O) groups excluding carboxylic acids is 1. The Morgan fingerprint density at radius 1 is 1.14 bits per heavy atom. The number of ether oxygens (including phenoxy) is 1. The quantitative estimate of drug-likeness (QED) is 0.608. The van der Waals surface area contributed by atoms with Gasteiger partial charge in [-0.1, -0.05) is 12.1 Å². The van der Waals surface area contributed by atoms with Crippen molar-refractivity contribution in [2.24, 2.45) is 0 Å². The van der Waals surface area contributed by atoms with E-state index < -0.39 is 17.6 Å². The zero-order valence-electron chi connectivity index (χ0n) is 11.6. The molecule has 0 spiro atoms. The van der Waals surface area contributed by atoms with E-state index in [1.807, 2.05) is 0 Å². The highest BCUT2D eigenvalue weighted by Gasteiger charge is 2.30. The lowest BCUT2D eigenvalue weighted by molar-refractivity contribution is -0.137. The summed E-state index contributed by atoms with van der Waals surface area (Å²) >= 11 is 0. The molecule has 0 atom stereocenters. The average Bonchev–Trinajstić information content (AvgIpc) is 2.45. The Hall–Kier alpha value is -2.37. The zero-order chi connectivity index (χ0) is 16.3. The summed E-state index contributed by atoms with van der Waals surface area (Å²) in [5.74, 6) is -1.15. The van der Waals surface area contributed by atoms with Crippen LogP contribution in [-0.4, -0.2) is 5.78 Å². The SMILES string of the molecule is CC(=O)c1ccc(OCc2cccc(C(F)(F)F)c2)c(F)c1. The number of benzene rings is 2. The highest BCUT2D eigenvalue weighted by atomic mass is 19.4. The maximum Gasteiger partial charge on any atom is 0.416 e. The van der Waals surface area contributed by atoms with Gasteiger partial charge in [0, 0.05) is 5.56 Å². The van der Waals surface area contributed by atoms with Crippen molar-refractivity contribution in [3.63, 3.8) is 0 Å². The van der Waals surface area contributed by atoms with Crippen LogP contribution in [0.4, 0.5) is 17.6 Å². The van der Waals surface area contributed by atoms with Crippen LogP contribution < -0.4 is 4.74 Å². The molecule has 0 aliphatic rings. The average molecular weight is 312 g/mol. The van der Waals surface area contributed by atoms with Gasteiger partial charge in [-0.25, -0.2) is 4.39 Å². The summed E-state index contributed by atoms with van der Waals surface area (Å²) in [6, 6.07) is 8.32. The van der Waals surface area contributed by atoms with Gasteiger partial charge in [0.2, 0.25) is 0 Å². The molecule has 2 aromatic rings. The van der Waals surface area contributed by atoms with E-state index >= 15 is 0 Å². The van der Waals surface area contributed by atoms with E-state index in [1.165, 1.54) is 31.2 Å². The summed E-state index contributed by atoms with van der Waals surface area (Å²) in [6.07, 6.45) is -4.44. The Balaban J connectivity index is 2.12. The predicted octanol–water partition coefficient (Wildman–Crippen LogP) is 4.63. The summed E-state index contributed by atoms with van der Waals surface area (Å²) in [7, 11) is 0. The largest absolute Gasteiger partial charge is 0.486 e. The fourth-order valence-corrected chi connectivity index (χ4v) is 1.84. The Kier molecular flexibility index (Phi) is 4.49. The molecule has 0 aliphatic heterocycles. The molecule has 0 heterocycles. The Morgan fingerprint density at radius 2 is 1.86 bits per heavy atom. The van der Waals surface area contributed by atoms with Gasteiger partial charge in [-0.15, -0.1) is 0 Å². The number of hydrogen-bond acceptors (Lipinski definition) is 2. The zero-order valence-corrected chi connectivity index (χ0v) is 11.6. The predicted molar refractivity (Wildman–Crippen MR) is 72.2 cm³/mol. The van der Waals surface area contributed by atoms with E-state index in [-0.39, 0.29) is 29.3 Å². The first-order chi connectivity index (χ1) is 10.3. The minimum atomic E-state index is -4.44. The monoisotopic (exact) mass is 312 g/mol. The fraction of sp³-hybridized carbons (Fsp3) is 0.188. The lowest BCUT2D eigenvalue weighted by Crippen LogP contribution is -2.06. The van der Waals surface area contributed by atoms with Gasteiger partial charge in [0.1, 0.15) is 6.61 Å². The molecule has 0 aromatic heterocycles. The van der Waals surface area contributed by atoms with Gasteiger partial charge < -0.3 is 4.74 Å². The second-order valence-corrected chi connectivity index (χ2v) is 4.69. The number of alkyl halides is 3. The first kappa shape index (κ1) is 16.0. The van der Waals surface area contributed by atoms with Crippen molar-refractivity contribution in [2.75, 3.05) is 0 Å². The van der Waals surface area contributed by atoms with E-state index in [0.717, 1.165) is 18.2 Å². The number of hydrogen-bond donors (Lipinski definition) is 0. The minimum Gasteiger partial charge on any atom is -0.486 e. The Morgan fingerprint density at radius 3 is 2.45 bits per heavy atom. The molecule has 0 saturated heterocycles. The molecule has 6 heteroatoms. The van der Waals surface area contributed by atoms with Gasteiger partial charge in [0.15, 0.2) is 17.3 Å². The summed E-state index contributed by atoms with van der Waals surface area (Å²) < 4.78 is 56.6. The first-order valence-electron chi connectivity index (χ1n) is 6.37. The van der Waals surface area contributed by atoms with Gasteiger partial charge in [0.25, 0.3) is 0 Å². The third-order valence-corrected chi connectivity index (χ3v) is 2.99. The molecular formula is C16H12F4O2. The van der Waals surface area contributed by atoms with E-state index in [0.29, 0.717) is 0 Å². The lowest BCUT2D eigenvalue weighted by atomic mass is 10.1. The minimum absolute atomic E-state index is 0.123. The molecule has 0 unspecified atom stereocenters. The van der Waals surface area contributed by atoms with Gasteiger partial charge in [0.05, 0.1) is 5.56 Å². The molecule has 0 amide bonds. The van der Waals surface area contributed by atoms with Gasteiger partial charge in [-0.3, -0.25) is 4.79 Å². The molecular weight excluding hydrogens is 300 g/mol. The standard InChI is InChI=1S/C16H12F4O2/c1-10(21)12-5-6-15(14(17)8-12)22-9-11-3-2-4-13(7-11)16(18,19)20/h2-8H,9H2,1H3. The Labute approximate surface area is 124 Å². The number of halogens is 4. The summed E-state index contributed by atoms with van der Waals surface area (Å²) in [6.45, 7) is 1.10. The fourth-order valence-electron chi connectivity index (χ4n) is 1.84. The summed E-state index contributed by atoms with van der Waals surface area (Å²) in [4.78, 5) is 11.1. The molecule has 116 valence electrons. The summed E-state index contributed by atoms with van der Waals surface area (Å²) in [5.41, 5.74) is -0.324. The van der Waals surface area contributed by atoms with Gasteiger partial charge in [-0.2, -0.15) is 13.2 Å². The summed E-state index contributed by atoms with van der Waals surface area (Å²) in [5, 5.41) is 0. The Bertz CT molecular complexity index is 693. The van der Waals surface area contributed by atoms with Gasteiger partial charge >= 0.3 is 6.18 Å². The van der Waals surface area contributed by atoms with E-state index in [4.69, 9.17) is 4.74 Å². The molecule has 0 N–H and O–H groups in total. The van der Waals surface area contributed by atoms with Crippen molar-refractivity contribution in [1.82, 2.24) is 0 Å². The van der Waals surface area contributed by atoms with Crippen LogP contribution in [0, 0.1) is 5.82 Å². The molecule has 2 aromatic carbocycles. The number of Topliss-reactive ketones (excluding diaryl/α,β-unsaturated/α-hetero) is 1. The van der Waals surface area contributed by atoms with Crippen LogP contribution in [0.1, 0.15) is 28.4 Å². The number of ketones is 1. The van der Waals surface area contributed by atoms with Crippen molar-refractivity contribution in [2.45, 2.75) is 19.7 Å². The molecule has 0 aliphatic carbocycles. The van der Waals surface area contributed by atoms with Crippen LogP contribution >= 0.6 is 0 Å². The van der Waals surface area contributed by atoms with E-state index in [9.17, 15) is 22.4 Å². The van der Waals surface area contributed by atoms with Crippen LogP contribution in [-0.2, 0) is 12.8 Å². The van der Waals surface area contributed by atoms with Crippen molar-refractivity contribution < 1.29 is 27.1 Å². The second-order valence-electron chi connectivity index (χ2n) is 4.69. The first-order valence-corrected chi connectivity index (χ1v) is 6.37. The highest BCUT2D eigenvalue weighted by Crippen LogP contribution is 2.30. The number of rotatable bonds is 4. The number of carbonyl (C=O) groups is 1. The molecule has 22 heavy (non-hydrogen) atoms. The van der Waals surface area contributed by atoms with E-state index in [2.05, 4.69) is 0 Å². The molecule has 0 fully saturated rings. The third-order valence-electron chi connectivity index (χ3n) is 2.99. The molecule has 2 rings (SSSR count). The maximum atomic E-state index is 13.7. The van der Waals surface area contributed by atoms with Crippen molar-refractivity contribution in [3.05, 3.63) is 65.0 Å². The topological polar surface area (TPSA) is 26.3 Å². The van der Waals surface area contributed by atoms with Crippen molar-refractivity contribution in [1.29, 1.82) is 0 Å². The van der Waals surface area contributed by atoms with Crippen LogP contribution in [0.3, 0.4) is 0 Å².